The van der Waals surface area contributed by atoms with Gasteiger partial charge in [0.25, 0.3) is 0 Å². The molecule has 1 rings (SSSR count). The van der Waals surface area contributed by atoms with Crippen LogP contribution in [0.2, 0.25) is 0 Å². The van der Waals surface area contributed by atoms with Crippen molar-refractivity contribution in [2.24, 2.45) is 5.41 Å². The molecule has 0 unspecified atom stereocenters. The van der Waals surface area contributed by atoms with E-state index in [0.717, 1.165) is 17.7 Å². The lowest BCUT2D eigenvalue weighted by atomic mass is 9.85. The summed E-state index contributed by atoms with van der Waals surface area (Å²) >= 11 is 0. The van der Waals surface area contributed by atoms with Crippen LogP contribution in [0.15, 0.2) is 18.2 Å². The Morgan fingerprint density at radius 2 is 1.95 bits per heavy atom. The van der Waals surface area contributed by atoms with Crippen molar-refractivity contribution in [3.8, 4) is 5.75 Å². The summed E-state index contributed by atoms with van der Waals surface area (Å²) in [5.41, 5.74) is 0.428. The Morgan fingerprint density at radius 1 is 1.32 bits per heavy atom. The van der Waals surface area contributed by atoms with E-state index in [1.807, 2.05) is 6.92 Å². The van der Waals surface area contributed by atoms with E-state index in [1.165, 1.54) is 0 Å². The van der Waals surface area contributed by atoms with Crippen molar-refractivity contribution >= 4 is 11.8 Å². The van der Waals surface area contributed by atoms with Crippen LogP contribution in [0.1, 0.15) is 43.1 Å². The Balaban J connectivity index is 2.98. The van der Waals surface area contributed by atoms with Gasteiger partial charge in [0.15, 0.2) is 5.78 Å². The molecule has 1 aromatic rings. The van der Waals surface area contributed by atoms with Crippen molar-refractivity contribution in [3.63, 3.8) is 0 Å². The van der Waals surface area contributed by atoms with Crippen molar-refractivity contribution < 1.29 is 19.4 Å². The van der Waals surface area contributed by atoms with Gasteiger partial charge < -0.3 is 9.84 Å². The topological polar surface area (TPSA) is 63.6 Å². The SMILES string of the molecule is CCc1cc(C(=O)CC(C)(C)C(=O)O)ccc1OC. The molecule has 0 aromatic heterocycles. The van der Waals surface area contributed by atoms with Gasteiger partial charge in [-0.05, 0) is 44.0 Å². The summed E-state index contributed by atoms with van der Waals surface area (Å²) in [6.45, 7) is 5.09. The van der Waals surface area contributed by atoms with Crippen molar-refractivity contribution in [1.29, 1.82) is 0 Å². The van der Waals surface area contributed by atoms with Gasteiger partial charge >= 0.3 is 5.97 Å². The molecule has 104 valence electrons. The van der Waals surface area contributed by atoms with Gasteiger partial charge in [0.2, 0.25) is 0 Å². The van der Waals surface area contributed by atoms with Crippen LogP contribution in [0.25, 0.3) is 0 Å². The number of carbonyl (C=O) groups excluding carboxylic acids is 1. The summed E-state index contributed by atoms with van der Waals surface area (Å²) in [6.07, 6.45) is 0.741. The number of hydrogen-bond donors (Lipinski definition) is 1. The van der Waals surface area contributed by atoms with Crippen LogP contribution in [0.4, 0.5) is 0 Å². The van der Waals surface area contributed by atoms with Gasteiger partial charge in [0.1, 0.15) is 5.75 Å². The van der Waals surface area contributed by atoms with Crippen molar-refractivity contribution in [2.75, 3.05) is 7.11 Å². The normalized spacial score (nSPS) is 11.2. The third-order valence-corrected chi connectivity index (χ3v) is 3.16. The molecule has 0 aliphatic rings. The number of rotatable bonds is 6. The fourth-order valence-corrected chi connectivity index (χ4v) is 1.81. The molecule has 0 bridgehead atoms. The molecule has 0 saturated heterocycles. The van der Waals surface area contributed by atoms with E-state index in [9.17, 15) is 9.59 Å². The summed E-state index contributed by atoms with van der Waals surface area (Å²) in [5, 5.41) is 9.05. The number of Topliss-reactive ketones (excluding diaryl/α,β-unsaturated/α-hetero) is 1. The Hall–Kier alpha value is -1.84. The van der Waals surface area contributed by atoms with Gasteiger partial charge in [-0.25, -0.2) is 0 Å². The average Bonchev–Trinajstić information content (AvgIpc) is 2.37. The van der Waals surface area contributed by atoms with Crippen LogP contribution in [0, 0.1) is 5.41 Å². The first kappa shape index (κ1) is 15.2. The molecule has 1 aromatic carbocycles. The fraction of sp³-hybridized carbons (Fsp3) is 0.467. The first-order chi connectivity index (χ1) is 8.81. The number of ketones is 1. The zero-order valence-electron chi connectivity index (χ0n) is 11.8. The smallest absolute Gasteiger partial charge is 0.309 e. The molecular formula is C15H20O4. The second-order valence-electron chi connectivity index (χ2n) is 5.17. The molecular weight excluding hydrogens is 244 g/mol. The number of carbonyl (C=O) groups is 2. The van der Waals surface area contributed by atoms with Crippen LogP contribution in [0.5, 0.6) is 5.75 Å². The average molecular weight is 264 g/mol. The summed E-state index contributed by atoms with van der Waals surface area (Å²) in [4.78, 5) is 23.2. The van der Waals surface area contributed by atoms with Crippen LogP contribution in [-0.4, -0.2) is 24.0 Å². The molecule has 0 radical (unpaired) electrons. The zero-order valence-corrected chi connectivity index (χ0v) is 11.8. The van der Waals surface area contributed by atoms with E-state index in [-0.39, 0.29) is 12.2 Å². The van der Waals surface area contributed by atoms with Crippen molar-refractivity contribution in [1.82, 2.24) is 0 Å². The maximum atomic E-state index is 12.1. The first-order valence-electron chi connectivity index (χ1n) is 6.25. The number of ether oxygens (including phenoxy) is 1. The monoisotopic (exact) mass is 264 g/mol. The Bertz CT molecular complexity index is 489. The highest BCUT2D eigenvalue weighted by molar-refractivity contribution is 5.99. The van der Waals surface area contributed by atoms with E-state index in [4.69, 9.17) is 9.84 Å². The number of carboxylic acids is 1. The lowest BCUT2D eigenvalue weighted by molar-refractivity contribution is -0.146. The van der Waals surface area contributed by atoms with Crippen LogP contribution >= 0.6 is 0 Å². The van der Waals surface area contributed by atoms with Crippen molar-refractivity contribution in [3.05, 3.63) is 29.3 Å². The van der Waals surface area contributed by atoms with Crippen LogP contribution < -0.4 is 4.74 Å². The summed E-state index contributed by atoms with van der Waals surface area (Å²) < 4.78 is 5.20. The van der Waals surface area contributed by atoms with Gasteiger partial charge in [0, 0.05) is 12.0 Å². The molecule has 0 spiro atoms. The molecule has 0 saturated carbocycles. The van der Waals surface area contributed by atoms with Crippen molar-refractivity contribution in [2.45, 2.75) is 33.6 Å². The largest absolute Gasteiger partial charge is 0.496 e. The summed E-state index contributed by atoms with van der Waals surface area (Å²) in [5.74, 6) is -0.383. The number of aliphatic carboxylic acids is 1. The summed E-state index contributed by atoms with van der Waals surface area (Å²) in [6, 6.07) is 5.21. The maximum Gasteiger partial charge on any atom is 0.309 e. The number of benzene rings is 1. The maximum absolute atomic E-state index is 12.1. The molecule has 4 nitrogen and oxygen atoms in total. The first-order valence-corrected chi connectivity index (χ1v) is 6.25. The Kier molecular flexibility index (Phi) is 4.70. The molecule has 1 N–H and O–H groups in total. The van der Waals surface area contributed by atoms with Gasteiger partial charge in [0.05, 0.1) is 12.5 Å². The molecule has 0 aliphatic carbocycles. The Labute approximate surface area is 113 Å². The standard InChI is InChI=1S/C15H20O4/c1-5-10-8-11(6-7-13(10)19-4)12(16)9-15(2,3)14(17)18/h6-8H,5,9H2,1-4H3,(H,17,18). The lowest BCUT2D eigenvalue weighted by Gasteiger charge is -2.18. The molecule has 4 heteroatoms. The minimum atomic E-state index is -1.05. The molecule has 0 fully saturated rings. The lowest BCUT2D eigenvalue weighted by Crippen LogP contribution is -2.27. The van der Waals surface area contributed by atoms with E-state index >= 15 is 0 Å². The number of aryl methyl sites for hydroxylation is 1. The van der Waals surface area contributed by atoms with E-state index < -0.39 is 11.4 Å². The highest BCUT2D eigenvalue weighted by atomic mass is 16.5. The van der Waals surface area contributed by atoms with Gasteiger partial charge in [-0.15, -0.1) is 0 Å². The molecule has 0 atom stereocenters. The zero-order chi connectivity index (χ0) is 14.6. The predicted octanol–water partition coefficient (Wildman–Crippen LogP) is 2.94. The van der Waals surface area contributed by atoms with Gasteiger partial charge in [-0.1, -0.05) is 6.92 Å². The number of hydrogen-bond acceptors (Lipinski definition) is 3. The molecule has 0 amide bonds. The molecule has 19 heavy (non-hydrogen) atoms. The highest BCUT2D eigenvalue weighted by Crippen LogP contribution is 2.26. The van der Waals surface area contributed by atoms with Crippen LogP contribution in [0.3, 0.4) is 0 Å². The minimum Gasteiger partial charge on any atom is -0.496 e. The van der Waals surface area contributed by atoms with Gasteiger partial charge in [-0.3, -0.25) is 9.59 Å². The quantitative estimate of drug-likeness (QED) is 0.802. The molecule has 0 aliphatic heterocycles. The van der Waals surface area contributed by atoms with Gasteiger partial charge in [-0.2, -0.15) is 0 Å². The third-order valence-electron chi connectivity index (χ3n) is 3.16. The number of carboxylic acid groups (broad SMARTS) is 1. The second kappa shape index (κ2) is 5.87. The molecule has 0 heterocycles. The summed E-state index contributed by atoms with van der Waals surface area (Å²) in [7, 11) is 1.59. The minimum absolute atomic E-state index is 0.0161. The predicted molar refractivity (Wildman–Crippen MR) is 72.7 cm³/mol. The number of methoxy groups -OCH3 is 1. The van der Waals surface area contributed by atoms with E-state index in [1.54, 1.807) is 39.2 Å². The Morgan fingerprint density at radius 3 is 2.42 bits per heavy atom. The van der Waals surface area contributed by atoms with Crippen LogP contribution in [-0.2, 0) is 11.2 Å². The second-order valence-corrected chi connectivity index (χ2v) is 5.17. The van der Waals surface area contributed by atoms with E-state index in [0.29, 0.717) is 5.56 Å². The highest BCUT2D eigenvalue weighted by Gasteiger charge is 2.30. The van der Waals surface area contributed by atoms with E-state index in [2.05, 4.69) is 0 Å². The fourth-order valence-electron chi connectivity index (χ4n) is 1.81. The third kappa shape index (κ3) is 3.56.